The van der Waals surface area contributed by atoms with E-state index < -0.39 is 11.9 Å². The summed E-state index contributed by atoms with van der Waals surface area (Å²) in [5.74, 6) is 0.620. The molecule has 0 unspecified atom stereocenters. The molecular weight excluding hydrogens is 362 g/mol. The first kappa shape index (κ1) is 21.3. The Bertz CT molecular complexity index is 852. The van der Waals surface area contributed by atoms with Gasteiger partial charge in [0.15, 0.2) is 6.61 Å². The highest BCUT2D eigenvalue weighted by Gasteiger charge is 2.22. The Hall–Kier alpha value is -3.03. The second-order valence-electron chi connectivity index (χ2n) is 7.20. The largest absolute Gasteiger partial charge is 0.497 e. The monoisotopic (exact) mass is 389 g/mol. The number of esters is 1. The molecule has 0 aliphatic rings. The minimum Gasteiger partial charge on any atom is -0.497 e. The van der Waals surface area contributed by atoms with Crippen LogP contribution in [0.1, 0.15) is 43.6 Å². The lowest BCUT2D eigenvalue weighted by Crippen LogP contribution is -2.24. The van der Waals surface area contributed by atoms with Crippen molar-refractivity contribution in [3.63, 3.8) is 0 Å². The van der Waals surface area contributed by atoms with Crippen molar-refractivity contribution in [1.82, 2.24) is 9.78 Å². The summed E-state index contributed by atoms with van der Waals surface area (Å²) in [6, 6.07) is 5.45. The molecule has 0 aliphatic carbocycles. The average molecular weight is 389 g/mol. The predicted molar refractivity (Wildman–Crippen MR) is 105 cm³/mol. The fraction of sp³-hybridized carbons (Fsp3) is 0.450. The third-order valence-corrected chi connectivity index (χ3v) is 4.05. The zero-order valence-corrected chi connectivity index (χ0v) is 17.2. The lowest BCUT2D eigenvalue weighted by Gasteiger charge is -2.23. The number of methoxy groups -OCH3 is 1. The number of benzene rings is 1. The van der Waals surface area contributed by atoms with Crippen molar-refractivity contribution in [2.45, 2.75) is 33.1 Å². The molecule has 152 valence electrons. The summed E-state index contributed by atoms with van der Waals surface area (Å²) in [6.45, 7) is 7.88. The normalized spacial score (nSPS) is 11.1. The molecule has 0 aliphatic heterocycles. The molecule has 2 rings (SSSR count). The Balaban J connectivity index is 2.12. The van der Waals surface area contributed by atoms with Crippen LogP contribution >= 0.6 is 0 Å². The third-order valence-electron chi connectivity index (χ3n) is 4.05. The van der Waals surface area contributed by atoms with Gasteiger partial charge in [-0.15, -0.1) is 0 Å². The van der Waals surface area contributed by atoms with E-state index in [4.69, 9.17) is 14.2 Å². The van der Waals surface area contributed by atoms with Gasteiger partial charge >= 0.3 is 5.97 Å². The number of aromatic nitrogens is 2. The molecule has 0 radical (unpaired) electrons. The maximum absolute atomic E-state index is 12.4. The van der Waals surface area contributed by atoms with Gasteiger partial charge in [-0.2, -0.15) is 5.10 Å². The standard InChI is InChI=1S/C20H27N3O5/c1-7-27-19(25)14-11-21-23(5)18(14)22-17(24)12-28-16-9-8-13(26-6)10-15(16)20(2,3)4/h8-11H,7,12H2,1-6H3,(H,22,24). The van der Waals surface area contributed by atoms with Crippen LogP contribution in [0.25, 0.3) is 0 Å². The van der Waals surface area contributed by atoms with Crippen molar-refractivity contribution in [3.8, 4) is 11.5 Å². The van der Waals surface area contributed by atoms with Gasteiger partial charge in [0, 0.05) is 12.6 Å². The number of nitrogens with zero attached hydrogens (tertiary/aromatic N) is 2. The second kappa shape index (κ2) is 8.77. The molecule has 1 heterocycles. The number of amides is 1. The van der Waals surface area contributed by atoms with Gasteiger partial charge in [0.2, 0.25) is 0 Å². The summed E-state index contributed by atoms with van der Waals surface area (Å²) in [4.78, 5) is 24.4. The molecule has 1 aromatic carbocycles. The highest BCUT2D eigenvalue weighted by molar-refractivity contribution is 6.00. The number of hydrogen-bond acceptors (Lipinski definition) is 6. The van der Waals surface area contributed by atoms with Gasteiger partial charge in [0.05, 0.1) is 19.9 Å². The van der Waals surface area contributed by atoms with Gasteiger partial charge in [-0.05, 0) is 30.5 Å². The third kappa shape index (κ3) is 5.03. The van der Waals surface area contributed by atoms with E-state index in [1.54, 1.807) is 33.2 Å². The summed E-state index contributed by atoms with van der Waals surface area (Å²) >= 11 is 0. The van der Waals surface area contributed by atoms with Gasteiger partial charge in [0.25, 0.3) is 5.91 Å². The Morgan fingerprint density at radius 3 is 2.57 bits per heavy atom. The highest BCUT2D eigenvalue weighted by Crippen LogP contribution is 2.34. The van der Waals surface area contributed by atoms with Crippen LogP contribution in [0, 0.1) is 0 Å². The van der Waals surface area contributed by atoms with Crippen molar-refractivity contribution < 1.29 is 23.8 Å². The summed E-state index contributed by atoms with van der Waals surface area (Å²) in [5, 5.41) is 6.66. The van der Waals surface area contributed by atoms with Gasteiger partial charge in [0.1, 0.15) is 22.9 Å². The fourth-order valence-electron chi connectivity index (χ4n) is 2.60. The zero-order chi connectivity index (χ0) is 20.9. The van der Waals surface area contributed by atoms with Gasteiger partial charge in [-0.25, -0.2) is 4.79 Å². The van der Waals surface area contributed by atoms with Crippen LogP contribution in [0.5, 0.6) is 11.5 Å². The van der Waals surface area contributed by atoms with Gasteiger partial charge < -0.3 is 19.5 Å². The number of carbonyl (C=O) groups excluding carboxylic acids is 2. The first-order chi connectivity index (χ1) is 13.2. The molecule has 0 spiro atoms. The Morgan fingerprint density at radius 1 is 1.25 bits per heavy atom. The molecule has 0 saturated carbocycles. The number of carbonyl (C=O) groups is 2. The number of aryl methyl sites for hydroxylation is 1. The minimum absolute atomic E-state index is 0.192. The van der Waals surface area contributed by atoms with E-state index in [2.05, 4.69) is 31.2 Å². The van der Waals surface area contributed by atoms with Gasteiger partial charge in [-0.1, -0.05) is 20.8 Å². The molecule has 8 nitrogen and oxygen atoms in total. The van der Waals surface area contributed by atoms with Crippen molar-refractivity contribution >= 4 is 17.7 Å². The molecular formula is C20H27N3O5. The Labute approximate surface area is 164 Å². The fourth-order valence-corrected chi connectivity index (χ4v) is 2.60. The van der Waals surface area contributed by atoms with E-state index in [1.807, 2.05) is 6.07 Å². The molecule has 1 aromatic heterocycles. The lowest BCUT2D eigenvalue weighted by molar-refractivity contribution is -0.118. The predicted octanol–water partition coefficient (Wildman–Crippen LogP) is 2.92. The summed E-state index contributed by atoms with van der Waals surface area (Å²) in [5.41, 5.74) is 0.921. The maximum atomic E-state index is 12.4. The number of ether oxygens (including phenoxy) is 3. The van der Waals surface area contributed by atoms with E-state index in [-0.39, 0.29) is 30.0 Å². The zero-order valence-electron chi connectivity index (χ0n) is 17.2. The van der Waals surface area contributed by atoms with E-state index in [0.717, 1.165) is 11.3 Å². The van der Waals surface area contributed by atoms with Gasteiger partial charge in [-0.3, -0.25) is 9.48 Å². The molecule has 8 heteroatoms. The second-order valence-corrected chi connectivity index (χ2v) is 7.20. The Kier molecular flexibility index (Phi) is 6.66. The van der Waals surface area contributed by atoms with E-state index >= 15 is 0 Å². The van der Waals surface area contributed by atoms with Crippen LogP contribution in [0.3, 0.4) is 0 Å². The topological polar surface area (TPSA) is 91.7 Å². The summed E-state index contributed by atoms with van der Waals surface area (Å²) in [7, 11) is 3.23. The maximum Gasteiger partial charge on any atom is 0.343 e. The molecule has 0 fully saturated rings. The molecule has 2 aromatic rings. The molecule has 0 atom stereocenters. The molecule has 0 bridgehead atoms. The quantitative estimate of drug-likeness (QED) is 0.732. The van der Waals surface area contributed by atoms with Crippen molar-refractivity contribution in [3.05, 3.63) is 35.5 Å². The van der Waals surface area contributed by atoms with E-state index in [0.29, 0.717) is 5.75 Å². The molecule has 0 saturated heterocycles. The smallest absolute Gasteiger partial charge is 0.343 e. The van der Waals surface area contributed by atoms with Crippen LogP contribution in [0.4, 0.5) is 5.82 Å². The van der Waals surface area contributed by atoms with Crippen LogP contribution < -0.4 is 14.8 Å². The number of hydrogen-bond donors (Lipinski definition) is 1. The van der Waals surface area contributed by atoms with Crippen molar-refractivity contribution in [2.24, 2.45) is 7.05 Å². The number of nitrogens with one attached hydrogen (secondary N) is 1. The van der Waals surface area contributed by atoms with E-state index in [1.165, 1.54) is 10.9 Å². The van der Waals surface area contributed by atoms with Crippen LogP contribution in [-0.2, 0) is 22.0 Å². The average Bonchev–Trinajstić information content (AvgIpc) is 3.00. The number of anilines is 1. The van der Waals surface area contributed by atoms with Crippen LogP contribution in [-0.4, -0.2) is 42.0 Å². The first-order valence-corrected chi connectivity index (χ1v) is 8.97. The van der Waals surface area contributed by atoms with Crippen molar-refractivity contribution in [1.29, 1.82) is 0 Å². The lowest BCUT2D eigenvalue weighted by atomic mass is 9.86. The van der Waals surface area contributed by atoms with Crippen molar-refractivity contribution in [2.75, 3.05) is 25.6 Å². The molecule has 1 N–H and O–H groups in total. The van der Waals surface area contributed by atoms with E-state index in [9.17, 15) is 9.59 Å². The highest BCUT2D eigenvalue weighted by atomic mass is 16.5. The van der Waals surface area contributed by atoms with Crippen LogP contribution in [0.15, 0.2) is 24.4 Å². The molecule has 28 heavy (non-hydrogen) atoms. The van der Waals surface area contributed by atoms with Crippen LogP contribution in [0.2, 0.25) is 0 Å². The summed E-state index contributed by atoms with van der Waals surface area (Å²) in [6.07, 6.45) is 1.36. The summed E-state index contributed by atoms with van der Waals surface area (Å²) < 4.78 is 17.4. The molecule has 1 amide bonds. The SMILES string of the molecule is CCOC(=O)c1cnn(C)c1NC(=O)COc1ccc(OC)cc1C(C)(C)C. The number of rotatable bonds is 7. The Morgan fingerprint density at radius 2 is 1.96 bits per heavy atom. The first-order valence-electron chi connectivity index (χ1n) is 8.97. The minimum atomic E-state index is -0.544.